The van der Waals surface area contributed by atoms with Crippen LogP contribution in [0.3, 0.4) is 0 Å². The van der Waals surface area contributed by atoms with E-state index in [4.69, 9.17) is 12.8 Å². The molecule has 2 nitrogen and oxygen atoms in total. The number of rotatable bonds is 3. The second kappa shape index (κ2) is 5.69. The number of ketones is 2. The Balaban J connectivity index is 2.25. The molecule has 2 aromatic carbocycles. The minimum Gasteiger partial charge on any atom is -0.285 e. The minimum absolute atomic E-state index is 0.315. The lowest BCUT2D eigenvalue weighted by molar-refractivity contribution is 0.0817. The van der Waals surface area contributed by atoms with E-state index >= 15 is 0 Å². The average Bonchev–Trinajstić information content (AvgIpc) is 2.53. The standard InChI is InChI=1S/C18H10O2/c1-3-13-5-9-15(10-6-13)17(19)18(20)16-11-7-14(4-2)8-12-16/h1-2,5-12H. The molecule has 0 saturated heterocycles. The van der Waals surface area contributed by atoms with Crippen molar-refractivity contribution in [2.75, 3.05) is 0 Å². The highest BCUT2D eigenvalue weighted by atomic mass is 16.2. The van der Waals surface area contributed by atoms with Crippen LogP contribution in [0.4, 0.5) is 0 Å². The molecule has 0 aliphatic heterocycles. The van der Waals surface area contributed by atoms with Crippen LogP contribution in [-0.4, -0.2) is 11.6 Å². The first-order valence-electron chi connectivity index (χ1n) is 5.88. The zero-order valence-corrected chi connectivity index (χ0v) is 10.6. The van der Waals surface area contributed by atoms with E-state index in [0.717, 1.165) is 0 Å². The Morgan fingerprint density at radius 2 is 0.950 bits per heavy atom. The first-order valence-corrected chi connectivity index (χ1v) is 5.88. The lowest BCUT2D eigenvalue weighted by atomic mass is 10.00. The van der Waals surface area contributed by atoms with Gasteiger partial charge in [0.2, 0.25) is 11.6 Å². The van der Waals surface area contributed by atoms with E-state index in [1.165, 1.54) is 0 Å². The highest BCUT2D eigenvalue weighted by molar-refractivity contribution is 6.49. The van der Waals surface area contributed by atoms with Crippen molar-refractivity contribution in [2.24, 2.45) is 0 Å². The molecule has 0 unspecified atom stereocenters. The molecule has 0 aromatic heterocycles. The van der Waals surface area contributed by atoms with Crippen molar-refractivity contribution < 1.29 is 9.59 Å². The van der Waals surface area contributed by atoms with Crippen molar-refractivity contribution in [3.05, 3.63) is 70.8 Å². The summed E-state index contributed by atoms with van der Waals surface area (Å²) in [4.78, 5) is 24.1. The molecule has 2 aromatic rings. The van der Waals surface area contributed by atoms with Crippen molar-refractivity contribution in [3.8, 4) is 24.7 Å². The smallest absolute Gasteiger partial charge is 0.233 e. The van der Waals surface area contributed by atoms with Crippen LogP contribution >= 0.6 is 0 Å². The Morgan fingerprint density at radius 3 is 1.20 bits per heavy atom. The molecule has 0 heterocycles. The van der Waals surface area contributed by atoms with Crippen molar-refractivity contribution in [1.29, 1.82) is 0 Å². The molecule has 0 spiro atoms. The van der Waals surface area contributed by atoms with Crippen LogP contribution in [0.1, 0.15) is 31.8 Å². The summed E-state index contributed by atoms with van der Waals surface area (Å²) in [5.74, 6) is 3.77. The van der Waals surface area contributed by atoms with Gasteiger partial charge in [0.1, 0.15) is 0 Å². The third-order valence-electron chi connectivity index (χ3n) is 2.83. The quantitative estimate of drug-likeness (QED) is 0.482. The van der Waals surface area contributed by atoms with Crippen molar-refractivity contribution in [3.63, 3.8) is 0 Å². The molecular formula is C18H10O2. The Morgan fingerprint density at radius 1 is 0.650 bits per heavy atom. The predicted octanol–water partition coefficient (Wildman–Crippen LogP) is 2.71. The van der Waals surface area contributed by atoms with Gasteiger partial charge in [-0.1, -0.05) is 11.8 Å². The van der Waals surface area contributed by atoms with Crippen LogP contribution in [0.15, 0.2) is 48.5 Å². The summed E-state index contributed by atoms with van der Waals surface area (Å²) in [5, 5.41) is 0. The molecule has 20 heavy (non-hydrogen) atoms. The van der Waals surface area contributed by atoms with Gasteiger partial charge in [0, 0.05) is 22.3 Å². The lowest BCUT2D eigenvalue weighted by Crippen LogP contribution is -2.14. The second-order valence-corrected chi connectivity index (χ2v) is 4.10. The van der Waals surface area contributed by atoms with Crippen LogP contribution in [0, 0.1) is 24.7 Å². The fourth-order valence-corrected chi connectivity index (χ4v) is 1.70. The second-order valence-electron chi connectivity index (χ2n) is 4.10. The van der Waals surface area contributed by atoms with Gasteiger partial charge in [0.25, 0.3) is 0 Å². The number of benzene rings is 2. The Bertz CT molecular complexity index is 668. The van der Waals surface area contributed by atoms with Crippen LogP contribution in [-0.2, 0) is 0 Å². The topological polar surface area (TPSA) is 34.1 Å². The SMILES string of the molecule is C#Cc1ccc(C(=O)C(=O)c2ccc(C#C)cc2)cc1. The number of Topliss-reactive ketones (excluding diaryl/α,β-unsaturated/α-hetero) is 2. The molecule has 94 valence electrons. The normalized spacial score (nSPS) is 9.30. The maximum atomic E-state index is 12.1. The van der Waals surface area contributed by atoms with Gasteiger partial charge >= 0.3 is 0 Å². The molecule has 0 N–H and O–H groups in total. The van der Waals surface area contributed by atoms with Gasteiger partial charge in [0.05, 0.1) is 0 Å². The van der Waals surface area contributed by atoms with Gasteiger partial charge in [0.15, 0.2) is 0 Å². The van der Waals surface area contributed by atoms with Gasteiger partial charge in [-0.3, -0.25) is 9.59 Å². The summed E-state index contributed by atoms with van der Waals surface area (Å²) in [6.45, 7) is 0. The van der Waals surface area contributed by atoms with Gasteiger partial charge in [-0.25, -0.2) is 0 Å². The van der Waals surface area contributed by atoms with Gasteiger partial charge in [-0.15, -0.1) is 12.8 Å². The Kier molecular flexibility index (Phi) is 3.80. The Labute approximate surface area is 117 Å². The first kappa shape index (κ1) is 13.3. The lowest BCUT2D eigenvalue weighted by Gasteiger charge is -2.01. The highest BCUT2D eigenvalue weighted by Gasteiger charge is 2.17. The summed E-state index contributed by atoms with van der Waals surface area (Å²) in [7, 11) is 0. The fourth-order valence-electron chi connectivity index (χ4n) is 1.70. The van der Waals surface area contributed by atoms with Crippen LogP contribution in [0.5, 0.6) is 0 Å². The third kappa shape index (κ3) is 2.66. The number of carbonyl (C=O) groups is 2. The zero-order chi connectivity index (χ0) is 14.5. The average molecular weight is 258 g/mol. The molecule has 0 fully saturated rings. The van der Waals surface area contributed by atoms with E-state index in [1.54, 1.807) is 48.5 Å². The molecule has 0 radical (unpaired) electrons. The first-order chi connectivity index (χ1) is 9.65. The molecule has 0 atom stereocenters. The minimum atomic E-state index is -0.568. The van der Waals surface area contributed by atoms with Crippen molar-refractivity contribution >= 4 is 11.6 Å². The summed E-state index contributed by atoms with van der Waals surface area (Å²) < 4.78 is 0. The molecule has 2 rings (SSSR count). The largest absolute Gasteiger partial charge is 0.285 e. The Hall–Kier alpha value is -3.10. The molecule has 0 amide bonds. The fraction of sp³-hybridized carbons (Fsp3) is 0. The predicted molar refractivity (Wildman–Crippen MR) is 77.4 cm³/mol. The number of hydrogen-bond acceptors (Lipinski definition) is 2. The molecule has 0 aliphatic carbocycles. The summed E-state index contributed by atoms with van der Waals surface area (Å²) in [5.41, 5.74) is 1.95. The number of terminal acetylenes is 2. The maximum absolute atomic E-state index is 12.1. The van der Waals surface area contributed by atoms with E-state index in [1.807, 2.05) is 0 Å². The van der Waals surface area contributed by atoms with E-state index < -0.39 is 11.6 Å². The van der Waals surface area contributed by atoms with Crippen molar-refractivity contribution in [1.82, 2.24) is 0 Å². The zero-order valence-electron chi connectivity index (χ0n) is 10.6. The number of carbonyl (C=O) groups excluding carboxylic acids is 2. The van der Waals surface area contributed by atoms with Gasteiger partial charge in [-0.2, -0.15) is 0 Å². The molecule has 0 saturated carbocycles. The monoisotopic (exact) mass is 258 g/mol. The van der Waals surface area contributed by atoms with Crippen LogP contribution < -0.4 is 0 Å². The summed E-state index contributed by atoms with van der Waals surface area (Å²) in [6.07, 6.45) is 10.5. The number of hydrogen-bond donors (Lipinski definition) is 0. The van der Waals surface area contributed by atoms with Crippen LogP contribution in [0.2, 0.25) is 0 Å². The molecule has 2 heteroatoms. The van der Waals surface area contributed by atoms with Crippen LogP contribution in [0.25, 0.3) is 0 Å². The van der Waals surface area contributed by atoms with E-state index in [0.29, 0.717) is 22.3 Å². The van der Waals surface area contributed by atoms with E-state index in [-0.39, 0.29) is 0 Å². The molecular weight excluding hydrogens is 248 g/mol. The summed E-state index contributed by atoms with van der Waals surface area (Å²) in [6, 6.07) is 12.7. The van der Waals surface area contributed by atoms with Gasteiger partial charge < -0.3 is 0 Å². The van der Waals surface area contributed by atoms with E-state index in [9.17, 15) is 9.59 Å². The van der Waals surface area contributed by atoms with Crippen molar-refractivity contribution in [2.45, 2.75) is 0 Å². The van der Waals surface area contributed by atoms with Gasteiger partial charge in [-0.05, 0) is 48.5 Å². The highest BCUT2D eigenvalue weighted by Crippen LogP contribution is 2.10. The maximum Gasteiger partial charge on any atom is 0.233 e. The third-order valence-corrected chi connectivity index (χ3v) is 2.83. The molecule has 0 bridgehead atoms. The summed E-state index contributed by atoms with van der Waals surface area (Å²) >= 11 is 0. The van der Waals surface area contributed by atoms with E-state index in [2.05, 4.69) is 11.8 Å². The molecule has 0 aliphatic rings.